The maximum Gasteiger partial charge on any atom is 0.410 e. The molecule has 1 amide bonds. The Kier molecular flexibility index (Phi) is 6.21. The number of aromatic hydroxyl groups is 1. The minimum absolute atomic E-state index is 0. The van der Waals surface area contributed by atoms with Gasteiger partial charge in [-0.05, 0) is 36.8 Å². The highest BCUT2D eigenvalue weighted by molar-refractivity contribution is 5.92. The van der Waals surface area contributed by atoms with Gasteiger partial charge in [-0.2, -0.15) is 0 Å². The number of hydrogen-bond acceptors (Lipinski definition) is 8. The van der Waals surface area contributed by atoms with Gasteiger partial charge in [0.25, 0.3) is 0 Å². The molecule has 1 aromatic heterocycles. The SMILES string of the molecule is Cc1ccc2c(N3CCN(C(=O)O[C@@H]4CCOC4)[C@@H](CO)C3)nc(-c3ccccc3O)nc2c1.[HH].[HH]. The number of para-hydroxylation sites is 1. The van der Waals surface area contributed by atoms with Gasteiger partial charge in [0.15, 0.2) is 5.82 Å². The summed E-state index contributed by atoms with van der Waals surface area (Å²) in [7, 11) is 0. The fourth-order valence-electron chi connectivity index (χ4n) is 4.51. The lowest BCUT2D eigenvalue weighted by molar-refractivity contribution is 0.0320. The number of aliphatic hydroxyl groups is 1. The number of aliphatic hydroxyl groups excluding tert-OH is 1. The summed E-state index contributed by atoms with van der Waals surface area (Å²) in [5.74, 6) is 1.24. The molecule has 3 heterocycles. The molecule has 0 spiro atoms. The number of carbonyl (C=O) groups is 1. The van der Waals surface area contributed by atoms with Gasteiger partial charge in [0, 0.05) is 34.3 Å². The van der Waals surface area contributed by atoms with Gasteiger partial charge >= 0.3 is 6.09 Å². The molecule has 2 atom stereocenters. The van der Waals surface area contributed by atoms with Crippen molar-refractivity contribution >= 4 is 22.8 Å². The number of fused-ring (bicyclic) bond motifs is 1. The summed E-state index contributed by atoms with van der Waals surface area (Å²) < 4.78 is 10.9. The molecule has 34 heavy (non-hydrogen) atoms. The minimum atomic E-state index is -0.437. The van der Waals surface area contributed by atoms with Crippen LogP contribution >= 0.6 is 0 Å². The van der Waals surface area contributed by atoms with Crippen LogP contribution in [0, 0.1) is 6.92 Å². The van der Waals surface area contributed by atoms with Crippen molar-refractivity contribution in [1.29, 1.82) is 0 Å². The number of phenolic OH excluding ortho intramolecular Hbond substituents is 1. The molecular weight excluding hydrogens is 436 g/mol. The molecule has 3 aromatic rings. The van der Waals surface area contributed by atoms with Crippen molar-refractivity contribution < 1.29 is 27.3 Å². The Bertz CT molecular complexity index is 1210. The van der Waals surface area contributed by atoms with E-state index in [1.807, 2.05) is 31.2 Å². The Morgan fingerprint density at radius 2 is 2.09 bits per heavy atom. The summed E-state index contributed by atoms with van der Waals surface area (Å²) in [5, 5.41) is 21.4. The first-order valence-corrected chi connectivity index (χ1v) is 11.5. The zero-order valence-corrected chi connectivity index (χ0v) is 19.1. The Balaban J connectivity index is 0.00000180. The predicted octanol–water partition coefficient (Wildman–Crippen LogP) is 3.21. The van der Waals surface area contributed by atoms with E-state index in [-0.39, 0.29) is 21.3 Å². The largest absolute Gasteiger partial charge is 0.507 e. The number of aromatic nitrogens is 2. The van der Waals surface area contributed by atoms with Gasteiger partial charge in [0.1, 0.15) is 17.7 Å². The molecule has 9 nitrogen and oxygen atoms in total. The third-order valence-corrected chi connectivity index (χ3v) is 6.36. The Labute approximate surface area is 200 Å². The van der Waals surface area contributed by atoms with E-state index in [4.69, 9.17) is 19.4 Å². The smallest absolute Gasteiger partial charge is 0.410 e. The monoisotopic (exact) mass is 468 g/mol. The van der Waals surface area contributed by atoms with Gasteiger partial charge in [-0.15, -0.1) is 0 Å². The molecule has 0 radical (unpaired) electrons. The van der Waals surface area contributed by atoms with Gasteiger partial charge in [-0.1, -0.05) is 18.2 Å². The number of anilines is 1. The number of rotatable bonds is 4. The summed E-state index contributed by atoms with van der Waals surface area (Å²) >= 11 is 0. The molecule has 2 aromatic carbocycles. The van der Waals surface area contributed by atoms with Crippen LogP contribution in [0.25, 0.3) is 22.3 Å². The quantitative estimate of drug-likeness (QED) is 0.601. The number of piperazine rings is 1. The molecule has 0 saturated carbocycles. The summed E-state index contributed by atoms with van der Waals surface area (Å²) in [6.07, 6.45) is 0.0315. The average Bonchev–Trinajstić information content (AvgIpc) is 3.36. The number of carbonyl (C=O) groups excluding carboxylic acids is 1. The molecule has 9 heteroatoms. The van der Waals surface area contributed by atoms with Crippen LogP contribution in [0.1, 0.15) is 14.8 Å². The normalized spacial score (nSPS) is 20.6. The minimum Gasteiger partial charge on any atom is -0.507 e. The molecule has 2 saturated heterocycles. The van der Waals surface area contributed by atoms with Crippen LogP contribution < -0.4 is 4.90 Å². The van der Waals surface area contributed by atoms with Crippen molar-refractivity contribution in [2.45, 2.75) is 25.5 Å². The van der Waals surface area contributed by atoms with Crippen LogP contribution in [0.3, 0.4) is 0 Å². The number of ether oxygens (including phenoxy) is 2. The lowest BCUT2D eigenvalue weighted by Gasteiger charge is -2.41. The van der Waals surface area contributed by atoms with Crippen LogP contribution in [0.15, 0.2) is 42.5 Å². The molecule has 2 aliphatic rings. The molecule has 0 aliphatic carbocycles. The molecule has 5 rings (SSSR count). The van der Waals surface area contributed by atoms with Crippen molar-refractivity contribution in [3.05, 3.63) is 48.0 Å². The molecular formula is C25H32N4O5. The molecule has 2 fully saturated rings. The van der Waals surface area contributed by atoms with E-state index in [1.54, 1.807) is 23.1 Å². The molecule has 2 aliphatic heterocycles. The van der Waals surface area contributed by atoms with E-state index in [1.165, 1.54) is 0 Å². The maximum atomic E-state index is 12.8. The van der Waals surface area contributed by atoms with Gasteiger partial charge in [-0.3, -0.25) is 4.90 Å². The van der Waals surface area contributed by atoms with E-state index in [9.17, 15) is 15.0 Å². The lowest BCUT2D eigenvalue weighted by Crippen LogP contribution is -2.57. The highest BCUT2D eigenvalue weighted by Gasteiger charge is 2.34. The number of benzene rings is 2. The van der Waals surface area contributed by atoms with Crippen molar-refractivity contribution in [3.8, 4) is 17.1 Å². The first-order valence-electron chi connectivity index (χ1n) is 11.5. The average molecular weight is 469 g/mol. The molecule has 0 unspecified atom stereocenters. The van der Waals surface area contributed by atoms with E-state index in [0.717, 1.165) is 16.5 Å². The van der Waals surface area contributed by atoms with Crippen molar-refractivity contribution in [3.63, 3.8) is 0 Å². The van der Waals surface area contributed by atoms with Crippen LogP contribution in [-0.4, -0.2) is 82.8 Å². The van der Waals surface area contributed by atoms with Gasteiger partial charge in [0.05, 0.1) is 36.9 Å². The second-order valence-corrected chi connectivity index (χ2v) is 8.75. The van der Waals surface area contributed by atoms with Crippen molar-refractivity contribution in [2.24, 2.45) is 0 Å². The third-order valence-electron chi connectivity index (χ3n) is 6.36. The summed E-state index contributed by atoms with van der Waals surface area (Å²) in [6.45, 7) is 4.12. The molecule has 0 bridgehead atoms. The van der Waals surface area contributed by atoms with Gasteiger partial charge in [-0.25, -0.2) is 14.8 Å². The van der Waals surface area contributed by atoms with Crippen LogP contribution in [-0.2, 0) is 9.47 Å². The zero-order valence-electron chi connectivity index (χ0n) is 19.1. The highest BCUT2D eigenvalue weighted by atomic mass is 16.6. The number of phenols is 1. The number of nitrogens with zero attached hydrogens (tertiary/aromatic N) is 4. The Morgan fingerprint density at radius 1 is 1.24 bits per heavy atom. The molecule has 182 valence electrons. The predicted molar refractivity (Wildman–Crippen MR) is 131 cm³/mol. The second-order valence-electron chi connectivity index (χ2n) is 8.75. The van der Waals surface area contributed by atoms with E-state index in [0.29, 0.717) is 56.5 Å². The van der Waals surface area contributed by atoms with Crippen LogP contribution in [0.5, 0.6) is 5.75 Å². The third kappa shape index (κ3) is 4.36. The first-order chi connectivity index (χ1) is 16.5. The van der Waals surface area contributed by atoms with Crippen molar-refractivity contribution in [1.82, 2.24) is 14.9 Å². The standard InChI is InChI=1S/C25H28N4O5.2H2/c1-16-6-7-19-21(12-16)26-23(20-4-2-3-5-22(20)31)27-24(19)28-9-10-29(17(13-28)14-30)25(32)34-18-8-11-33-15-18;;/h2-7,12,17-18,30-31H,8-11,13-15H2,1H3;2*1H/t17-,18-;;/m1../s1. The fraction of sp³-hybridized carbons (Fsp3) is 0.400. The summed E-state index contributed by atoms with van der Waals surface area (Å²) in [5.41, 5.74) is 2.39. The summed E-state index contributed by atoms with van der Waals surface area (Å²) in [4.78, 5) is 26.0. The first kappa shape index (κ1) is 22.4. The van der Waals surface area contributed by atoms with E-state index >= 15 is 0 Å². The zero-order chi connectivity index (χ0) is 23.7. The van der Waals surface area contributed by atoms with Gasteiger partial charge < -0.3 is 24.6 Å². The van der Waals surface area contributed by atoms with Crippen LogP contribution in [0.2, 0.25) is 0 Å². The van der Waals surface area contributed by atoms with Crippen molar-refractivity contribution in [2.75, 3.05) is 44.4 Å². The van der Waals surface area contributed by atoms with Gasteiger partial charge in [0.2, 0.25) is 0 Å². The number of amides is 1. The van der Waals surface area contributed by atoms with E-state index < -0.39 is 12.1 Å². The lowest BCUT2D eigenvalue weighted by atomic mass is 10.1. The van der Waals surface area contributed by atoms with Crippen LogP contribution in [0.4, 0.5) is 10.6 Å². The fourth-order valence-corrected chi connectivity index (χ4v) is 4.51. The van der Waals surface area contributed by atoms with E-state index in [2.05, 4.69) is 4.90 Å². The topological polar surface area (TPSA) is 108 Å². The Hall–Kier alpha value is -3.43. The molecule has 2 N–H and O–H groups in total. The highest BCUT2D eigenvalue weighted by Crippen LogP contribution is 2.33. The Morgan fingerprint density at radius 3 is 2.85 bits per heavy atom. The summed E-state index contributed by atoms with van der Waals surface area (Å²) in [6, 6.07) is 12.5. The maximum absolute atomic E-state index is 12.8. The number of hydrogen-bond donors (Lipinski definition) is 2. The second kappa shape index (κ2) is 9.44. The number of aryl methyl sites for hydroxylation is 1.